The number of hydrogen-bond donors (Lipinski definition) is 1. The summed E-state index contributed by atoms with van der Waals surface area (Å²) < 4.78 is 12.2. The highest BCUT2D eigenvalue weighted by Crippen LogP contribution is 2.25. The molecule has 0 aliphatic rings. The third-order valence-electron chi connectivity index (χ3n) is 2.37. The Bertz CT molecular complexity index is 614. The van der Waals surface area contributed by atoms with E-state index in [0.717, 1.165) is 0 Å². The summed E-state index contributed by atoms with van der Waals surface area (Å²) in [6.45, 7) is 0. The van der Waals surface area contributed by atoms with Gasteiger partial charge < -0.3 is 5.73 Å². The second-order valence-electron chi connectivity index (χ2n) is 3.56. The van der Waals surface area contributed by atoms with Crippen LogP contribution in [0.15, 0.2) is 58.3 Å². The van der Waals surface area contributed by atoms with E-state index in [9.17, 15) is 14.3 Å². The number of rotatable bonds is 3. The van der Waals surface area contributed by atoms with Crippen molar-refractivity contribution in [2.45, 2.75) is 9.79 Å². The second-order valence-corrected chi connectivity index (χ2v) is 5.04. The highest BCUT2D eigenvalue weighted by Gasteiger charge is 2.14. The molecule has 0 aliphatic carbocycles. The fourth-order valence-electron chi connectivity index (χ4n) is 1.49. The molecule has 2 rings (SSSR count). The third-order valence-corrected chi connectivity index (χ3v) is 3.75. The molecule has 0 amide bonds. The van der Waals surface area contributed by atoms with Crippen LogP contribution in [0.2, 0.25) is 0 Å². The number of nitrogen functional groups attached to an aromatic ring is 1. The van der Waals surface area contributed by atoms with Gasteiger partial charge in [0.05, 0.1) is 15.7 Å². The van der Waals surface area contributed by atoms with Crippen LogP contribution in [-0.2, 0) is 10.8 Å². The number of hydrogen-bond acceptors (Lipinski definition) is 4. The van der Waals surface area contributed by atoms with E-state index in [-0.39, 0.29) is 11.4 Å². The molecule has 0 fully saturated rings. The molecule has 5 nitrogen and oxygen atoms in total. The Morgan fingerprint density at radius 2 is 1.72 bits per heavy atom. The molecule has 1 unspecified atom stereocenters. The van der Waals surface area contributed by atoms with Gasteiger partial charge in [-0.1, -0.05) is 18.2 Å². The number of nitrogens with zero attached hydrogens (tertiary/aromatic N) is 1. The van der Waals surface area contributed by atoms with E-state index in [0.29, 0.717) is 9.79 Å². The van der Waals surface area contributed by atoms with Gasteiger partial charge in [0.25, 0.3) is 5.69 Å². The van der Waals surface area contributed by atoms with Gasteiger partial charge >= 0.3 is 0 Å². The van der Waals surface area contributed by atoms with Gasteiger partial charge in [0.15, 0.2) is 0 Å². The van der Waals surface area contributed by atoms with Crippen LogP contribution in [0.25, 0.3) is 0 Å². The molecule has 1 atom stereocenters. The van der Waals surface area contributed by atoms with Crippen LogP contribution >= 0.6 is 0 Å². The molecule has 0 heterocycles. The van der Waals surface area contributed by atoms with Crippen molar-refractivity contribution in [2.75, 3.05) is 5.73 Å². The molecule has 0 aromatic heterocycles. The Labute approximate surface area is 106 Å². The lowest BCUT2D eigenvalue weighted by atomic mass is 10.3. The van der Waals surface area contributed by atoms with Crippen molar-refractivity contribution in [2.24, 2.45) is 0 Å². The highest BCUT2D eigenvalue weighted by atomic mass is 32.2. The summed E-state index contributed by atoms with van der Waals surface area (Å²) in [5.74, 6) is 0. The Kier molecular flexibility index (Phi) is 3.38. The maximum atomic E-state index is 12.2. The number of nitro groups is 1. The van der Waals surface area contributed by atoms with Crippen molar-refractivity contribution in [3.05, 3.63) is 58.6 Å². The molecule has 92 valence electrons. The van der Waals surface area contributed by atoms with Gasteiger partial charge in [-0.3, -0.25) is 10.1 Å². The van der Waals surface area contributed by atoms with Crippen LogP contribution in [-0.4, -0.2) is 9.13 Å². The van der Waals surface area contributed by atoms with Crippen molar-refractivity contribution in [1.82, 2.24) is 0 Å². The summed E-state index contributed by atoms with van der Waals surface area (Å²) in [4.78, 5) is 11.1. The Morgan fingerprint density at radius 1 is 1.06 bits per heavy atom. The number of nitrogens with two attached hydrogens (primary N) is 1. The standard InChI is InChI=1S/C12H10N2O3S/c13-11-8-10(6-7-12(11)14(15)16)18(17)9-4-2-1-3-5-9/h1-8H,13H2. The zero-order valence-electron chi connectivity index (χ0n) is 9.28. The molecule has 2 aromatic rings. The lowest BCUT2D eigenvalue weighted by Gasteiger charge is -2.03. The SMILES string of the molecule is Nc1cc(S(=O)c2ccccc2)ccc1[N+](=O)[O-]. The van der Waals surface area contributed by atoms with Gasteiger partial charge in [-0.25, -0.2) is 4.21 Å². The highest BCUT2D eigenvalue weighted by molar-refractivity contribution is 7.85. The summed E-state index contributed by atoms with van der Waals surface area (Å²) in [7, 11) is -1.38. The molecular weight excluding hydrogens is 252 g/mol. The van der Waals surface area contributed by atoms with E-state index in [1.54, 1.807) is 24.3 Å². The van der Waals surface area contributed by atoms with Crippen molar-refractivity contribution < 1.29 is 9.13 Å². The minimum absolute atomic E-state index is 0.0155. The largest absolute Gasteiger partial charge is 0.393 e. The summed E-state index contributed by atoms with van der Waals surface area (Å²) in [6.07, 6.45) is 0. The van der Waals surface area contributed by atoms with Crippen LogP contribution < -0.4 is 5.73 Å². The molecule has 0 aliphatic heterocycles. The maximum Gasteiger partial charge on any atom is 0.292 e. The molecular formula is C12H10N2O3S. The maximum absolute atomic E-state index is 12.2. The zero-order valence-corrected chi connectivity index (χ0v) is 10.1. The van der Waals surface area contributed by atoms with Crippen LogP contribution in [0, 0.1) is 10.1 Å². The van der Waals surface area contributed by atoms with Crippen molar-refractivity contribution in [1.29, 1.82) is 0 Å². The van der Waals surface area contributed by atoms with E-state index in [4.69, 9.17) is 5.73 Å². The quantitative estimate of drug-likeness (QED) is 0.522. The molecule has 0 saturated heterocycles. The van der Waals surface area contributed by atoms with E-state index in [1.165, 1.54) is 18.2 Å². The fraction of sp³-hybridized carbons (Fsp3) is 0. The van der Waals surface area contributed by atoms with Crippen LogP contribution in [0.5, 0.6) is 0 Å². The van der Waals surface area contributed by atoms with Gasteiger partial charge in [-0.2, -0.15) is 0 Å². The van der Waals surface area contributed by atoms with Crippen molar-refractivity contribution in [3.63, 3.8) is 0 Å². The average Bonchev–Trinajstić information content (AvgIpc) is 2.38. The van der Waals surface area contributed by atoms with Gasteiger partial charge in [0.2, 0.25) is 0 Å². The van der Waals surface area contributed by atoms with Crippen molar-refractivity contribution >= 4 is 22.2 Å². The minimum atomic E-state index is -1.38. The molecule has 0 saturated carbocycles. The Balaban J connectivity index is 2.39. The molecule has 2 aromatic carbocycles. The van der Waals surface area contributed by atoms with Gasteiger partial charge in [0, 0.05) is 15.9 Å². The lowest BCUT2D eigenvalue weighted by molar-refractivity contribution is -0.383. The Morgan fingerprint density at radius 3 is 2.28 bits per heavy atom. The van der Waals surface area contributed by atoms with Crippen LogP contribution in [0.1, 0.15) is 0 Å². The normalized spacial score (nSPS) is 12.0. The topological polar surface area (TPSA) is 86.2 Å². The summed E-state index contributed by atoms with van der Waals surface area (Å²) in [6, 6.07) is 12.9. The predicted octanol–water partition coefficient (Wildman–Crippen LogP) is 2.34. The van der Waals surface area contributed by atoms with Gasteiger partial charge in [-0.15, -0.1) is 0 Å². The first-order valence-electron chi connectivity index (χ1n) is 5.10. The molecule has 2 N–H and O–H groups in total. The van der Waals surface area contributed by atoms with Crippen molar-refractivity contribution in [3.8, 4) is 0 Å². The minimum Gasteiger partial charge on any atom is -0.393 e. The van der Waals surface area contributed by atoms with E-state index in [1.807, 2.05) is 6.07 Å². The first-order chi connectivity index (χ1) is 8.59. The predicted molar refractivity (Wildman–Crippen MR) is 68.6 cm³/mol. The fourth-order valence-corrected chi connectivity index (χ4v) is 2.60. The molecule has 0 bridgehead atoms. The first kappa shape index (κ1) is 12.3. The molecule has 0 spiro atoms. The molecule has 6 heteroatoms. The molecule has 0 radical (unpaired) electrons. The average molecular weight is 262 g/mol. The van der Waals surface area contributed by atoms with Crippen LogP contribution in [0.4, 0.5) is 11.4 Å². The number of anilines is 1. The lowest BCUT2D eigenvalue weighted by Crippen LogP contribution is -1.98. The van der Waals surface area contributed by atoms with Gasteiger partial charge in [0.1, 0.15) is 5.69 Å². The number of benzene rings is 2. The van der Waals surface area contributed by atoms with E-state index < -0.39 is 15.7 Å². The third kappa shape index (κ3) is 2.38. The number of nitro benzene ring substituents is 1. The monoisotopic (exact) mass is 262 g/mol. The molecule has 18 heavy (non-hydrogen) atoms. The zero-order chi connectivity index (χ0) is 13.1. The van der Waals surface area contributed by atoms with Gasteiger partial charge in [-0.05, 0) is 24.3 Å². The van der Waals surface area contributed by atoms with E-state index >= 15 is 0 Å². The summed E-state index contributed by atoms with van der Waals surface area (Å²) in [5, 5.41) is 10.6. The second kappa shape index (κ2) is 4.97. The summed E-state index contributed by atoms with van der Waals surface area (Å²) in [5.41, 5.74) is 5.40. The summed E-state index contributed by atoms with van der Waals surface area (Å²) >= 11 is 0. The Hall–Kier alpha value is -2.21. The van der Waals surface area contributed by atoms with Crippen LogP contribution in [0.3, 0.4) is 0 Å². The van der Waals surface area contributed by atoms with E-state index in [2.05, 4.69) is 0 Å². The first-order valence-corrected chi connectivity index (χ1v) is 6.25. The smallest absolute Gasteiger partial charge is 0.292 e.